The smallest absolute Gasteiger partial charge is 0.242 e. The van der Waals surface area contributed by atoms with Crippen LogP contribution in [0.5, 0.6) is 5.75 Å². The number of anilines is 2. The average Bonchev–Trinajstić information content (AvgIpc) is 2.68. The van der Waals surface area contributed by atoms with Gasteiger partial charge in [-0.15, -0.1) is 0 Å². The fraction of sp³-hybridized carbons (Fsp3) is 0.158. The summed E-state index contributed by atoms with van der Waals surface area (Å²) in [6, 6.07) is 15.9. The predicted octanol–water partition coefficient (Wildman–Crippen LogP) is 3.15. The summed E-state index contributed by atoms with van der Waals surface area (Å²) in [5, 5.41) is 3.16. The van der Waals surface area contributed by atoms with Gasteiger partial charge in [0.2, 0.25) is 10.0 Å². The molecule has 1 heterocycles. The summed E-state index contributed by atoms with van der Waals surface area (Å²) in [7, 11) is 1.17. The van der Waals surface area contributed by atoms with Crippen molar-refractivity contribution < 1.29 is 13.2 Å². The molecule has 3 rings (SSSR count). The fourth-order valence-electron chi connectivity index (χ4n) is 2.50. The molecular weight excluding hydrogens is 364 g/mol. The minimum atomic E-state index is -3.45. The SMILES string of the molecule is COc1ccccc1-c1cc(Nc2ccc(S(=O)(=O)N(C)C)cc2)ncn1. The first-order valence-corrected chi connectivity index (χ1v) is 9.61. The molecule has 7 nitrogen and oxygen atoms in total. The van der Waals surface area contributed by atoms with E-state index >= 15 is 0 Å². The van der Waals surface area contributed by atoms with Crippen LogP contribution in [0, 0.1) is 0 Å². The Bertz CT molecular complexity index is 1030. The molecule has 0 atom stereocenters. The zero-order valence-electron chi connectivity index (χ0n) is 15.2. The molecule has 8 heteroatoms. The summed E-state index contributed by atoms with van der Waals surface area (Å²) >= 11 is 0. The van der Waals surface area contributed by atoms with Crippen molar-refractivity contribution in [1.82, 2.24) is 14.3 Å². The Morgan fingerprint density at radius 1 is 1.00 bits per heavy atom. The van der Waals surface area contributed by atoms with Crippen molar-refractivity contribution in [2.75, 3.05) is 26.5 Å². The highest BCUT2D eigenvalue weighted by molar-refractivity contribution is 7.89. The van der Waals surface area contributed by atoms with Crippen LogP contribution in [0.1, 0.15) is 0 Å². The van der Waals surface area contributed by atoms with Crippen molar-refractivity contribution in [2.45, 2.75) is 4.90 Å². The number of nitrogens with one attached hydrogen (secondary N) is 1. The van der Waals surface area contributed by atoms with Gasteiger partial charge < -0.3 is 10.1 Å². The van der Waals surface area contributed by atoms with Crippen LogP contribution >= 0.6 is 0 Å². The third-order valence-corrected chi connectivity index (χ3v) is 5.78. The first kappa shape index (κ1) is 18.8. The van der Waals surface area contributed by atoms with E-state index in [0.29, 0.717) is 5.82 Å². The third-order valence-electron chi connectivity index (χ3n) is 3.96. The maximum absolute atomic E-state index is 12.1. The highest BCUT2D eigenvalue weighted by atomic mass is 32.2. The Labute approximate surface area is 158 Å². The van der Waals surface area contributed by atoms with Crippen LogP contribution in [0.4, 0.5) is 11.5 Å². The van der Waals surface area contributed by atoms with E-state index in [9.17, 15) is 8.42 Å². The summed E-state index contributed by atoms with van der Waals surface area (Å²) in [5.41, 5.74) is 2.30. The Balaban J connectivity index is 1.85. The lowest BCUT2D eigenvalue weighted by atomic mass is 10.1. The van der Waals surface area contributed by atoms with Gasteiger partial charge in [0.15, 0.2) is 0 Å². The van der Waals surface area contributed by atoms with E-state index in [1.54, 1.807) is 31.4 Å². The van der Waals surface area contributed by atoms with Gasteiger partial charge in [-0.25, -0.2) is 22.7 Å². The van der Waals surface area contributed by atoms with Gasteiger partial charge in [0, 0.05) is 31.4 Å². The first-order chi connectivity index (χ1) is 12.9. The Morgan fingerprint density at radius 3 is 2.37 bits per heavy atom. The van der Waals surface area contributed by atoms with E-state index in [2.05, 4.69) is 15.3 Å². The van der Waals surface area contributed by atoms with Crippen LogP contribution in [0.25, 0.3) is 11.3 Å². The monoisotopic (exact) mass is 384 g/mol. The van der Waals surface area contributed by atoms with Crippen LogP contribution in [-0.2, 0) is 10.0 Å². The number of sulfonamides is 1. The second-order valence-corrected chi connectivity index (χ2v) is 8.08. The number of hydrogen-bond donors (Lipinski definition) is 1. The second kappa shape index (κ2) is 7.73. The van der Waals surface area contributed by atoms with Gasteiger partial charge in [0.05, 0.1) is 17.7 Å². The van der Waals surface area contributed by atoms with Gasteiger partial charge in [-0.1, -0.05) is 12.1 Å². The molecule has 0 bridgehead atoms. The third kappa shape index (κ3) is 4.07. The molecule has 0 amide bonds. The summed E-state index contributed by atoms with van der Waals surface area (Å²) < 4.78 is 30.8. The number of ether oxygens (including phenoxy) is 1. The van der Waals surface area contributed by atoms with Crippen molar-refractivity contribution in [3.05, 3.63) is 60.9 Å². The number of para-hydroxylation sites is 1. The normalized spacial score (nSPS) is 11.4. The van der Waals surface area contributed by atoms with Crippen molar-refractivity contribution in [3.63, 3.8) is 0 Å². The van der Waals surface area contributed by atoms with Crippen LogP contribution < -0.4 is 10.1 Å². The molecule has 0 spiro atoms. The van der Waals surface area contributed by atoms with Crippen LogP contribution in [0.3, 0.4) is 0 Å². The molecule has 0 aliphatic heterocycles. The standard InChI is InChI=1S/C19H20N4O3S/c1-23(2)27(24,25)15-10-8-14(9-11-15)22-19-12-17(20-13-21-19)16-6-4-5-7-18(16)26-3/h4-13H,1-3H3,(H,20,21,22). The maximum Gasteiger partial charge on any atom is 0.242 e. The van der Waals surface area contributed by atoms with Crippen LogP contribution in [0.15, 0.2) is 65.8 Å². The Kier molecular flexibility index (Phi) is 5.38. The van der Waals surface area contributed by atoms with E-state index in [1.807, 2.05) is 30.3 Å². The van der Waals surface area contributed by atoms with Crippen molar-refractivity contribution in [3.8, 4) is 17.0 Å². The molecule has 27 heavy (non-hydrogen) atoms. The minimum Gasteiger partial charge on any atom is -0.496 e. The lowest BCUT2D eigenvalue weighted by Crippen LogP contribution is -2.22. The maximum atomic E-state index is 12.1. The van der Waals surface area contributed by atoms with Crippen molar-refractivity contribution >= 4 is 21.5 Å². The number of nitrogens with zero attached hydrogens (tertiary/aromatic N) is 3. The fourth-order valence-corrected chi connectivity index (χ4v) is 3.40. The first-order valence-electron chi connectivity index (χ1n) is 8.17. The Morgan fingerprint density at radius 2 is 1.70 bits per heavy atom. The molecule has 1 aromatic heterocycles. The topological polar surface area (TPSA) is 84.4 Å². The Hall–Kier alpha value is -2.97. The molecule has 0 aliphatic rings. The number of hydrogen-bond acceptors (Lipinski definition) is 6. The van der Waals surface area contributed by atoms with Crippen molar-refractivity contribution in [2.24, 2.45) is 0 Å². The molecule has 0 aliphatic carbocycles. The van der Waals surface area contributed by atoms with E-state index < -0.39 is 10.0 Å². The summed E-state index contributed by atoms with van der Waals surface area (Å²) in [4.78, 5) is 8.77. The van der Waals surface area contributed by atoms with Gasteiger partial charge in [-0.2, -0.15) is 0 Å². The highest BCUT2D eigenvalue weighted by Gasteiger charge is 2.16. The number of benzene rings is 2. The van der Waals surface area contributed by atoms with Gasteiger partial charge >= 0.3 is 0 Å². The van der Waals surface area contributed by atoms with E-state index in [1.165, 1.54) is 24.7 Å². The summed E-state index contributed by atoms with van der Waals surface area (Å²) in [6.45, 7) is 0. The molecule has 0 unspecified atom stereocenters. The predicted molar refractivity (Wildman–Crippen MR) is 105 cm³/mol. The minimum absolute atomic E-state index is 0.232. The molecule has 140 valence electrons. The second-order valence-electron chi connectivity index (χ2n) is 5.93. The van der Waals surface area contributed by atoms with Crippen LogP contribution in [0.2, 0.25) is 0 Å². The molecule has 3 aromatic rings. The zero-order chi connectivity index (χ0) is 19.4. The zero-order valence-corrected chi connectivity index (χ0v) is 16.1. The van der Waals surface area contributed by atoms with Gasteiger partial charge in [0.25, 0.3) is 0 Å². The molecule has 0 saturated heterocycles. The van der Waals surface area contributed by atoms with Gasteiger partial charge in [-0.05, 0) is 36.4 Å². The van der Waals surface area contributed by atoms with Gasteiger partial charge in [0.1, 0.15) is 17.9 Å². The molecule has 0 radical (unpaired) electrons. The molecule has 2 aromatic carbocycles. The molecule has 0 saturated carbocycles. The largest absolute Gasteiger partial charge is 0.496 e. The summed E-state index contributed by atoms with van der Waals surface area (Å²) in [6.07, 6.45) is 1.47. The average molecular weight is 384 g/mol. The molecular formula is C19H20N4O3S. The number of aromatic nitrogens is 2. The molecule has 1 N–H and O–H groups in total. The van der Waals surface area contributed by atoms with E-state index in [-0.39, 0.29) is 4.90 Å². The number of rotatable bonds is 6. The quantitative estimate of drug-likeness (QED) is 0.703. The van der Waals surface area contributed by atoms with Crippen molar-refractivity contribution in [1.29, 1.82) is 0 Å². The van der Waals surface area contributed by atoms with E-state index in [4.69, 9.17) is 4.74 Å². The molecule has 0 fully saturated rings. The summed E-state index contributed by atoms with van der Waals surface area (Å²) in [5.74, 6) is 1.31. The lowest BCUT2D eigenvalue weighted by molar-refractivity contribution is 0.416. The van der Waals surface area contributed by atoms with E-state index in [0.717, 1.165) is 22.7 Å². The van der Waals surface area contributed by atoms with Gasteiger partial charge in [-0.3, -0.25) is 0 Å². The highest BCUT2D eigenvalue weighted by Crippen LogP contribution is 2.29. The lowest BCUT2D eigenvalue weighted by Gasteiger charge is -2.12. The number of methoxy groups -OCH3 is 1. The van der Waals surface area contributed by atoms with Crippen LogP contribution in [-0.4, -0.2) is 43.9 Å².